The monoisotopic (exact) mass is 425 g/mol. The Morgan fingerprint density at radius 3 is 2.74 bits per heavy atom. The largest absolute Gasteiger partial charge is 0.493 e. The van der Waals surface area contributed by atoms with E-state index in [-0.39, 0.29) is 5.82 Å². The lowest BCUT2D eigenvalue weighted by atomic mass is 10.3. The third kappa shape index (κ3) is 7.11. The molecule has 0 aliphatic rings. The first kappa shape index (κ1) is 22.3. The first-order valence-corrected chi connectivity index (χ1v) is 10.2. The highest BCUT2D eigenvalue weighted by Gasteiger charge is 2.04. The summed E-state index contributed by atoms with van der Waals surface area (Å²) in [6, 6.07) is 15.9. The number of guanidine groups is 1. The lowest BCUT2D eigenvalue weighted by molar-refractivity contribution is 0.172. The highest BCUT2D eigenvalue weighted by molar-refractivity contribution is 5.93. The number of methoxy groups -OCH3 is 1. The molecule has 7 nitrogen and oxygen atoms in total. The van der Waals surface area contributed by atoms with Gasteiger partial charge in [0.1, 0.15) is 11.6 Å². The van der Waals surface area contributed by atoms with Crippen LogP contribution in [0.15, 0.2) is 65.8 Å². The van der Waals surface area contributed by atoms with E-state index in [0.29, 0.717) is 25.7 Å². The van der Waals surface area contributed by atoms with Crippen molar-refractivity contribution in [3.8, 4) is 11.4 Å². The van der Waals surface area contributed by atoms with Gasteiger partial charge in [-0.05, 0) is 42.5 Å². The molecule has 2 aromatic carbocycles. The molecule has 2 N–H and O–H groups in total. The van der Waals surface area contributed by atoms with E-state index in [9.17, 15) is 4.39 Å². The number of rotatable bonds is 10. The maximum atomic E-state index is 13.1. The van der Waals surface area contributed by atoms with E-state index in [0.717, 1.165) is 35.7 Å². The van der Waals surface area contributed by atoms with Crippen LogP contribution in [0.5, 0.6) is 5.75 Å². The molecule has 3 aromatic rings. The molecule has 8 heteroatoms. The normalized spacial score (nSPS) is 11.4. The third-order valence-corrected chi connectivity index (χ3v) is 4.49. The van der Waals surface area contributed by atoms with E-state index in [4.69, 9.17) is 9.47 Å². The van der Waals surface area contributed by atoms with Crippen molar-refractivity contribution in [2.24, 2.45) is 4.99 Å². The summed E-state index contributed by atoms with van der Waals surface area (Å²) in [4.78, 5) is 4.27. The third-order valence-electron chi connectivity index (χ3n) is 4.49. The van der Waals surface area contributed by atoms with Crippen molar-refractivity contribution >= 4 is 11.6 Å². The molecule has 0 saturated heterocycles. The SMILES string of the molecule is CN=C(NCCc1ccn(-c2ccc(F)cc2)n1)Nc1cccc(OCCCOC)c1. The molecule has 0 radical (unpaired) electrons. The Labute approximate surface area is 181 Å². The van der Waals surface area contributed by atoms with E-state index >= 15 is 0 Å². The summed E-state index contributed by atoms with van der Waals surface area (Å²) in [6.45, 7) is 1.94. The van der Waals surface area contributed by atoms with Gasteiger partial charge in [-0.1, -0.05) is 6.07 Å². The molecule has 0 atom stereocenters. The second-order valence-corrected chi connectivity index (χ2v) is 6.82. The molecule has 0 spiro atoms. The van der Waals surface area contributed by atoms with Crippen molar-refractivity contribution in [3.05, 3.63) is 72.3 Å². The van der Waals surface area contributed by atoms with Gasteiger partial charge >= 0.3 is 0 Å². The Morgan fingerprint density at radius 2 is 1.97 bits per heavy atom. The van der Waals surface area contributed by atoms with Crippen LogP contribution in [0.3, 0.4) is 0 Å². The van der Waals surface area contributed by atoms with Crippen LogP contribution >= 0.6 is 0 Å². The van der Waals surface area contributed by atoms with E-state index in [1.165, 1.54) is 12.1 Å². The molecule has 164 valence electrons. The van der Waals surface area contributed by atoms with Gasteiger partial charge in [0.05, 0.1) is 18.0 Å². The number of nitrogens with zero attached hydrogens (tertiary/aromatic N) is 3. The van der Waals surface area contributed by atoms with Crippen LogP contribution in [0.2, 0.25) is 0 Å². The van der Waals surface area contributed by atoms with Crippen molar-refractivity contribution in [1.82, 2.24) is 15.1 Å². The standard InChI is InChI=1S/C23H28FN5O2/c1-25-23(27-20-5-3-6-22(17-20)31-16-4-15-30-2)26-13-11-19-12-14-29(28-19)21-9-7-18(24)8-10-21/h3,5-10,12,14,17H,4,11,13,15-16H2,1-2H3,(H2,25,26,27). The molecule has 0 aliphatic heterocycles. The Morgan fingerprint density at radius 1 is 1.13 bits per heavy atom. The van der Waals surface area contributed by atoms with Crippen LogP contribution in [-0.2, 0) is 11.2 Å². The van der Waals surface area contributed by atoms with Crippen LogP contribution in [0.4, 0.5) is 10.1 Å². The molecule has 1 heterocycles. The summed E-state index contributed by atoms with van der Waals surface area (Å²) in [5.74, 6) is 1.19. The highest BCUT2D eigenvalue weighted by atomic mass is 19.1. The summed E-state index contributed by atoms with van der Waals surface area (Å²) in [6.07, 6.45) is 3.43. The van der Waals surface area contributed by atoms with Crippen molar-refractivity contribution in [3.63, 3.8) is 0 Å². The van der Waals surface area contributed by atoms with E-state index in [2.05, 4.69) is 20.7 Å². The fourth-order valence-electron chi connectivity index (χ4n) is 2.91. The number of anilines is 1. The highest BCUT2D eigenvalue weighted by Crippen LogP contribution is 2.17. The number of halogens is 1. The van der Waals surface area contributed by atoms with Gasteiger partial charge in [-0.25, -0.2) is 9.07 Å². The van der Waals surface area contributed by atoms with E-state index < -0.39 is 0 Å². The molecule has 31 heavy (non-hydrogen) atoms. The minimum atomic E-state index is -0.262. The van der Waals surface area contributed by atoms with Crippen molar-refractivity contribution in [2.45, 2.75) is 12.8 Å². The summed E-state index contributed by atoms with van der Waals surface area (Å²) in [5, 5.41) is 11.1. The zero-order valence-corrected chi connectivity index (χ0v) is 17.8. The maximum absolute atomic E-state index is 13.1. The van der Waals surface area contributed by atoms with Crippen LogP contribution < -0.4 is 15.4 Å². The molecule has 1 aromatic heterocycles. The summed E-state index contributed by atoms with van der Waals surface area (Å²) in [7, 11) is 3.41. The molecule has 0 bridgehead atoms. The number of hydrogen-bond donors (Lipinski definition) is 2. The average molecular weight is 426 g/mol. The average Bonchev–Trinajstić information content (AvgIpc) is 3.26. The molecule has 0 amide bonds. The van der Waals surface area contributed by atoms with E-state index in [1.807, 2.05) is 36.5 Å². The van der Waals surface area contributed by atoms with Gasteiger partial charge in [-0.15, -0.1) is 0 Å². The van der Waals surface area contributed by atoms with Gasteiger partial charge in [0.15, 0.2) is 5.96 Å². The molecule has 0 fully saturated rings. The lowest BCUT2D eigenvalue weighted by Crippen LogP contribution is -2.32. The van der Waals surface area contributed by atoms with Crippen molar-refractivity contribution in [2.75, 3.05) is 39.2 Å². The topological polar surface area (TPSA) is 72.7 Å². The summed E-state index contributed by atoms with van der Waals surface area (Å²) >= 11 is 0. The van der Waals surface area contributed by atoms with Gasteiger partial charge in [0.2, 0.25) is 0 Å². The van der Waals surface area contributed by atoms with E-state index in [1.54, 1.807) is 31.0 Å². The van der Waals surface area contributed by atoms with Gasteiger partial charge < -0.3 is 20.1 Å². The quantitative estimate of drug-likeness (QED) is 0.295. The molecular weight excluding hydrogens is 397 g/mol. The first-order valence-electron chi connectivity index (χ1n) is 10.2. The minimum Gasteiger partial charge on any atom is -0.493 e. The Hall–Kier alpha value is -3.39. The number of aromatic nitrogens is 2. The zero-order valence-electron chi connectivity index (χ0n) is 17.8. The number of benzene rings is 2. The van der Waals surface area contributed by atoms with Gasteiger partial charge in [0, 0.05) is 58.1 Å². The fourth-order valence-corrected chi connectivity index (χ4v) is 2.91. The predicted octanol–water partition coefficient (Wildman–Crippen LogP) is 3.66. The van der Waals surface area contributed by atoms with Crippen molar-refractivity contribution in [1.29, 1.82) is 0 Å². The zero-order chi connectivity index (χ0) is 21.9. The Bertz CT molecular complexity index is 972. The number of nitrogens with one attached hydrogen (secondary N) is 2. The second-order valence-electron chi connectivity index (χ2n) is 6.82. The lowest BCUT2D eigenvalue weighted by Gasteiger charge is -2.13. The first-order chi connectivity index (χ1) is 15.2. The predicted molar refractivity (Wildman–Crippen MR) is 121 cm³/mol. The van der Waals surface area contributed by atoms with Crippen LogP contribution in [-0.4, -0.2) is 49.7 Å². The summed E-state index contributed by atoms with van der Waals surface area (Å²) < 4.78 is 25.6. The van der Waals surface area contributed by atoms with Gasteiger partial charge in [-0.2, -0.15) is 5.10 Å². The minimum absolute atomic E-state index is 0.262. The van der Waals surface area contributed by atoms with Gasteiger partial charge in [-0.3, -0.25) is 4.99 Å². The van der Waals surface area contributed by atoms with Crippen molar-refractivity contribution < 1.29 is 13.9 Å². The second kappa shape index (κ2) is 11.7. The maximum Gasteiger partial charge on any atom is 0.195 e. The molecule has 3 rings (SSSR count). The van der Waals surface area contributed by atoms with Crippen LogP contribution in [0.1, 0.15) is 12.1 Å². The molecule has 0 unspecified atom stereocenters. The summed E-state index contributed by atoms with van der Waals surface area (Å²) in [5.41, 5.74) is 2.64. The Kier molecular flexibility index (Phi) is 8.42. The molecule has 0 saturated carbocycles. The number of hydrogen-bond acceptors (Lipinski definition) is 4. The smallest absolute Gasteiger partial charge is 0.195 e. The van der Waals surface area contributed by atoms with Crippen LogP contribution in [0.25, 0.3) is 5.69 Å². The van der Waals surface area contributed by atoms with Gasteiger partial charge in [0.25, 0.3) is 0 Å². The molecule has 0 aliphatic carbocycles. The fraction of sp³-hybridized carbons (Fsp3) is 0.304. The number of aliphatic imine (C=N–C) groups is 1. The Balaban J connectivity index is 1.47. The number of ether oxygens (including phenoxy) is 2. The molecular formula is C23H28FN5O2. The van der Waals surface area contributed by atoms with Crippen LogP contribution in [0, 0.1) is 5.82 Å².